The predicted molar refractivity (Wildman–Crippen MR) is 76.6 cm³/mol. The minimum atomic E-state index is 0.639. The van der Waals surface area contributed by atoms with E-state index >= 15 is 0 Å². The average Bonchev–Trinajstić information content (AvgIpc) is 2.31. The Hall–Kier alpha value is -0.820. The summed E-state index contributed by atoms with van der Waals surface area (Å²) in [6.07, 6.45) is 4.92. The van der Waals surface area contributed by atoms with Gasteiger partial charge >= 0.3 is 0 Å². The summed E-state index contributed by atoms with van der Waals surface area (Å²) in [6.45, 7) is 10.1. The number of hydrogen-bond donors (Lipinski definition) is 1. The molecule has 0 aliphatic rings. The van der Waals surface area contributed by atoms with Crippen molar-refractivity contribution in [2.45, 2.75) is 59.4 Å². The second-order valence-corrected chi connectivity index (χ2v) is 5.01. The van der Waals surface area contributed by atoms with Crippen LogP contribution in [0.5, 0.6) is 0 Å². The van der Waals surface area contributed by atoms with Crippen LogP contribution in [-0.4, -0.2) is 12.6 Å². The Balaban J connectivity index is 2.70. The van der Waals surface area contributed by atoms with Gasteiger partial charge in [-0.05, 0) is 56.3 Å². The molecule has 1 heteroatoms. The molecule has 0 amide bonds. The molecule has 0 fully saturated rings. The third-order valence-electron chi connectivity index (χ3n) is 3.42. The number of benzene rings is 1. The van der Waals surface area contributed by atoms with E-state index in [1.807, 2.05) is 0 Å². The first kappa shape index (κ1) is 14.2. The van der Waals surface area contributed by atoms with E-state index in [4.69, 9.17) is 0 Å². The largest absolute Gasteiger partial charge is 0.314 e. The topological polar surface area (TPSA) is 12.0 Å². The van der Waals surface area contributed by atoms with Crippen LogP contribution in [-0.2, 0) is 6.42 Å². The van der Waals surface area contributed by atoms with E-state index in [2.05, 4.69) is 51.2 Å². The average molecular weight is 233 g/mol. The van der Waals surface area contributed by atoms with E-state index in [9.17, 15) is 0 Å². The lowest BCUT2D eigenvalue weighted by Gasteiger charge is -2.20. The second kappa shape index (κ2) is 7.50. The molecule has 0 aromatic heterocycles. The van der Waals surface area contributed by atoms with Gasteiger partial charge in [0.05, 0.1) is 0 Å². The summed E-state index contributed by atoms with van der Waals surface area (Å²) in [4.78, 5) is 0. The molecule has 1 rings (SSSR count). The minimum absolute atomic E-state index is 0.639. The van der Waals surface area contributed by atoms with Crippen molar-refractivity contribution < 1.29 is 0 Å². The summed E-state index contributed by atoms with van der Waals surface area (Å²) in [5.74, 6) is 0. The summed E-state index contributed by atoms with van der Waals surface area (Å²) in [5.41, 5.74) is 4.41. The maximum Gasteiger partial charge on any atom is 0.0108 e. The summed E-state index contributed by atoms with van der Waals surface area (Å²) in [5, 5.41) is 3.67. The Bertz CT molecular complexity index is 310. The standard InChI is InChI=1S/C16H27N/c1-5-8-15(17-11-6-2)12-16-13(3)9-7-10-14(16)4/h7,9-10,15,17H,5-6,8,11-12H2,1-4H3. The Morgan fingerprint density at radius 2 is 1.71 bits per heavy atom. The van der Waals surface area contributed by atoms with Crippen LogP contribution in [0, 0.1) is 13.8 Å². The molecule has 0 spiro atoms. The van der Waals surface area contributed by atoms with Crippen molar-refractivity contribution in [3.8, 4) is 0 Å². The first-order valence-electron chi connectivity index (χ1n) is 6.97. The lowest BCUT2D eigenvalue weighted by atomic mass is 9.94. The molecule has 17 heavy (non-hydrogen) atoms. The third kappa shape index (κ3) is 4.51. The van der Waals surface area contributed by atoms with Crippen LogP contribution in [0.3, 0.4) is 0 Å². The fourth-order valence-electron chi connectivity index (χ4n) is 2.39. The highest BCUT2D eigenvalue weighted by Crippen LogP contribution is 2.17. The molecular formula is C16H27N. The maximum absolute atomic E-state index is 3.67. The Labute approximate surface area is 107 Å². The van der Waals surface area contributed by atoms with Gasteiger partial charge in [-0.25, -0.2) is 0 Å². The van der Waals surface area contributed by atoms with Gasteiger partial charge in [-0.3, -0.25) is 0 Å². The normalized spacial score (nSPS) is 12.7. The smallest absolute Gasteiger partial charge is 0.0108 e. The highest BCUT2D eigenvalue weighted by Gasteiger charge is 2.10. The van der Waals surface area contributed by atoms with E-state index in [0.717, 1.165) is 6.54 Å². The van der Waals surface area contributed by atoms with Crippen molar-refractivity contribution in [1.82, 2.24) is 5.32 Å². The van der Waals surface area contributed by atoms with E-state index in [0.29, 0.717) is 6.04 Å². The van der Waals surface area contributed by atoms with Gasteiger partial charge in [0.2, 0.25) is 0 Å². The first-order valence-corrected chi connectivity index (χ1v) is 6.97. The number of rotatable bonds is 7. The molecule has 1 unspecified atom stereocenters. The Morgan fingerprint density at radius 1 is 1.06 bits per heavy atom. The zero-order valence-corrected chi connectivity index (χ0v) is 11.8. The van der Waals surface area contributed by atoms with Crippen molar-refractivity contribution in [3.63, 3.8) is 0 Å². The van der Waals surface area contributed by atoms with Crippen LogP contribution < -0.4 is 5.32 Å². The zero-order valence-electron chi connectivity index (χ0n) is 11.8. The molecule has 1 atom stereocenters. The lowest BCUT2D eigenvalue weighted by Crippen LogP contribution is -2.32. The SMILES string of the molecule is CCCNC(CCC)Cc1c(C)cccc1C. The van der Waals surface area contributed by atoms with E-state index in [-0.39, 0.29) is 0 Å². The van der Waals surface area contributed by atoms with Gasteiger partial charge in [-0.1, -0.05) is 38.5 Å². The lowest BCUT2D eigenvalue weighted by molar-refractivity contribution is 0.471. The van der Waals surface area contributed by atoms with Gasteiger partial charge in [0.1, 0.15) is 0 Å². The summed E-state index contributed by atoms with van der Waals surface area (Å²) in [7, 11) is 0. The van der Waals surface area contributed by atoms with Crippen LogP contribution in [0.1, 0.15) is 49.8 Å². The van der Waals surface area contributed by atoms with Crippen molar-refractivity contribution >= 4 is 0 Å². The predicted octanol–water partition coefficient (Wildman–Crippen LogP) is 4.01. The first-order chi connectivity index (χ1) is 8.19. The monoisotopic (exact) mass is 233 g/mol. The van der Waals surface area contributed by atoms with Gasteiger partial charge in [-0.2, -0.15) is 0 Å². The highest BCUT2D eigenvalue weighted by molar-refractivity contribution is 5.34. The fourth-order valence-corrected chi connectivity index (χ4v) is 2.39. The van der Waals surface area contributed by atoms with Crippen molar-refractivity contribution in [3.05, 3.63) is 34.9 Å². The summed E-state index contributed by atoms with van der Waals surface area (Å²) in [6, 6.07) is 7.25. The fraction of sp³-hybridized carbons (Fsp3) is 0.625. The van der Waals surface area contributed by atoms with E-state index in [1.165, 1.54) is 42.4 Å². The van der Waals surface area contributed by atoms with Crippen molar-refractivity contribution in [2.75, 3.05) is 6.54 Å². The van der Waals surface area contributed by atoms with Crippen molar-refractivity contribution in [1.29, 1.82) is 0 Å². The Morgan fingerprint density at radius 3 is 2.24 bits per heavy atom. The van der Waals surface area contributed by atoms with Crippen LogP contribution in [0.15, 0.2) is 18.2 Å². The van der Waals surface area contributed by atoms with Crippen LogP contribution in [0.2, 0.25) is 0 Å². The van der Waals surface area contributed by atoms with Gasteiger partial charge in [0.25, 0.3) is 0 Å². The molecule has 0 heterocycles. The van der Waals surface area contributed by atoms with Crippen LogP contribution in [0.25, 0.3) is 0 Å². The molecule has 0 aliphatic carbocycles. The molecule has 1 aromatic carbocycles. The number of nitrogens with one attached hydrogen (secondary N) is 1. The van der Waals surface area contributed by atoms with Gasteiger partial charge < -0.3 is 5.32 Å². The highest BCUT2D eigenvalue weighted by atomic mass is 14.9. The van der Waals surface area contributed by atoms with E-state index in [1.54, 1.807) is 0 Å². The van der Waals surface area contributed by atoms with Gasteiger partial charge in [-0.15, -0.1) is 0 Å². The molecular weight excluding hydrogens is 206 g/mol. The molecule has 0 saturated heterocycles. The van der Waals surface area contributed by atoms with Gasteiger partial charge in [0, 0.05) is 6.04 Å². The molecule has 0 aliphatic heterocycles. The molecule has 0 bridgehead atoms. The number of aryl methyl sites for hydroxylation is 2. The van der Waals surface area contributed by atoms with Gasteiger partial charge in [0.15, 0.2) is 0 Å². The molecule has 1 N–H and O–H groups in total. The quantitative estimate of drug-likeness (QED) is 0.750. The second-order valence-electron chi connectivity index (χ2n) is 5.01. The molecule has 0 radical (unpaired) electrons. The molecule has 0 saturated carbocycles. The summed E-state index contributed by atoms with van der Waals surface area (Å²) < 4.78 is 0. The van der Waals surface area contributed by atoms with Crippen LogP contribution in [0.4, 0.5) is 0 Å². The van der Waals surface area contributed by atoms with Crippen LogP contribution >= 0.6 is 0 Å². The minimum Gasteiger partial charge on any atom is -0.314 e. The maximum atomic E-state index is 3.67. The third-order valence-corrected chi connectivity index (χ3v) is 3.42. The molecule has 1 nitrogen and oxygen atoms in total. The zero-order chi connectivity index (χ0) is 12.7. The molecule has 96 valence electrons. The molecule has 1 aromatic rings. The number of hydrogen-bond acceptors (Lipinski definition) is 1. The Kier molecular flexibility index (Phi) is 6.28. The summed E-state index contributed by atoms with van der Waals surface area (Å²) >= 11 is 0. The van der Waals surface area contributed by atoms with Crippen molar-refractivity contribution in [2.24, 2.45) is 0 Å². The van der Waals surface area contributed by atoms with E-state index < -0.39 is 0 Å².